The second-order valence-corrected chi connectivity index (χ2v) is 10.3. The van der Waals surface area contributed by atoms with Crippen molar-refractivity contribution in [3.63, 3.8) is 0 Å². The van der Waals surface area contributed by atoms with E-state index in [1.807, 2.05) is 6.92 Å². The number of hydrogen-bond acceptors (Lipinski definition) is 10. The fourth-order valence-corrected chi connectivity index (χ4v) is 4.63. The largest absolute Gasteiger partial charge is 0.467 e. The summed E-state index contributed by atoms with van der Waals surface area (Å²) >= 11 is 0. The number of ether oxygens (including phenoxy) is 2. The molecule has 0 fully saturated rings. The maximum absolute atomic E-state index is 13.4. The molecular weight excluding hydrogens is 584 g/mol. The van der Waals surface area contributed by atoms with Crippen molar-refractivity contribution in [3.8, 4) is 0 Å². The number of amides is 3. The predicted octanol–water partition coefficient (Wildman–Crippen LogP) is 1.86. The standard InChI is InChI=1S/C30H36N8O7/c1-3-4-13-44-30(42)36-25(29(41)43-2)27(37-28(40)24-23(31)19-7-5-6-8-20(19)34-24)35-22(39)15-18-14-21(38-45-18)16-9-11-17(12-10-16)26(32)33/h5-12,18,25,27,34H,3-4,13-15,31H2,1-2H3,(H3,32,33)(H,35,39)(H,36,42)(H,37,40)/t18?,25?,27-/m1/s1. The Labute approximate surface area is 258 Å². The van der Waals surface area contributed by atoms with E-state index >= 15 is 0 Å². The minimum absolute atomic E-state index is 0.00227. The summed E-state index contributed by atoms with van der Waals surface area (Å²) in [5.74, 6) is -2.38. The third kappa shape index (κ3) is 8.07. The molecule has 0 spiro atoms. The molecule has 0 aliphatic carbocycles. The predicted molar refractivity (Wildman–Crippen MR) is 165 cm³/mol. The number of nitrogen functional groups attached to an aromatic ring is 2. The SMILES string of the molecule is CCCCOC(=O)NC(C(=O)OC)[C@H](NC(=O)CC1CC(c2ccc(C(=N)N)cc2)=NO1)NC(=O)c1[nH]c2ccccc2c1N. The molecule has 1 aliphatic rings. The molecule has 3 amide bonds. The molecule has 3 aromatic rings. The number of benzene rings is 2. The van der Waals surface area contributed by atoms with Gasteiger partial charge in [0.1, 0.15) is 23.8 Å². The maximum atomic E-state index is 13.4. The Morgan fingerprint density at radius 3 is 2.51 bits per heavy atom. The van der Waals surface area contributed by atoms with Crippen LogP contribution in [0.3, 0.4) is 0 Å². The first-order valence-corrected chi connectivity index (χ1v) is 14.3. The molecule has 2 unspecified atom stereocenters. The number of carbonyl (C=O) groups excluding carboxylic acids is 4. The summed E-state index contributed by atoms with van der Waals surface area (Å²) in [5.41, 5.74) is 14.4. The Morgan fingerprint density at radius 1 is 1.11 bits per heavy atom. The van der Waals surface area contributed by atoms with Crippen molar-refractivity contribution in [2.75, 3.05) is 19.5 Å². The molecule has 9 N–H and O–H groups in total. The minimum Gasteiger partial charge on any atom is -0.467 e. The molecule has 0 saturated carbocycles. The van der Waals surface area contributed by atoms with Crippen molar-refractivity contribution in [2.24, 2.45) is 10.9 Å². The average Bonchev–Trinajstić information content (AvgIpc) is 3.63. The van der Waals surface area contributed by atoms with Crippen LogP contribution in [0.4, 0.5) is 10.5 Å². The van der Waals surface area contributed by atoms with Gasteiger partial charge in [0, 0.05) is 22.9 Å². The van der Waals surface area contributed by atoms with E-state index in [2.05, 4.69) is 26.1 Å². The van der Waals surface area contributed by atoms with E-state index in [-0.39, 0.29) is 36.7 Å². The van der Waals surface area contributed by atoms with Crippen LogP contribution in [0.5, 0.6) is 0 Å². The van der Waals surface area contributed by atoms with E-state index in [9.17, 15) is 19.2 Å². The summed E-state index contributed by atoms with van der Waals surface area (Å²) in [5, 5.41) is 19.8. The Hall–Kier alpha value is -5.60. The van der Waals surface area contributed by atoms with Gasteiger partial charge < -0.3 is 46.7 Å². The summed E-state index contributed by atoms with van der Waals surface area (Å²) in [6.07, 6.45) is -1.62. The molecule has 45 heavy (non-hydrogen) atoms. The van der Waals surface area contributed by atoms with Crippen LogP contribution >= 0.6 is 0 Å². The topological polar surface area (TPSA) is 236 Å². The zero-order valence-electron chi connectivity index (χ0n) is 24.8. The van der Waals surface area contributed by atoms with Crippen LogP contribution in [0, 0.1) is 5.41 Å². The van der Waals surface area contributed by atoms with E-state index < -0.39 is 42.2 Å². The molecule has 3 atom stereocenters. The molecule has 0 saturated heterocycles. The summed E-state index contributed by atoms with van der Waals surface area (Å²) in [6.45, 7) is 2.02. The Balaban J connectivity index is 1.50. The number of H-pyrrole nitrogens is 1. The summed E-state index contributed by atoms with van der Waals surface area (Å²) in [7, 11) is 1.10. The lowest BCUT2D eigenvalue weighted by atomic mass is 10.0. The number of unbranched alkanes of at least 4 members (excludes halogenated alkanes) is 1. The first-order chi connectivity index (χ1) is 21.6. The van der Waals surface area contributed by atoms with Gasteiger partial charge in [-0.15, -0.1) is 0 Å². The zero-order valence-corrected chi connectivity index (χ0v) is 24.8. The lowest BCUT2D eigenvalue weighted by Gasteiger charge is -2.27. The monoisotopic (exact) mass is 620 g/mol. The number of hydrogen-bond donors (Lipinski definition) is 7. The van der Waals surface area contributed by atoms with Crippen molar-refractivity contribution in [2.45, 2.75) is 50.9 Å². The molecule has 0 bridgehead atoms. The number of fused-ring (bicyclic) bond motifs is 1. The Bertz CT molecular complexity index is 1600. The second-order valence-electron chi connectivity index (χ2n) is 10.3. The first kappa shape index (κ1) is 32.3. The van der Waals surface area contributed by atoms with Gasteiger partial charge in [0.05, 0.1) is 31.5 Å². The molecule has 4 rings (SSSR count). The first-order valence-electron chi connectivity index (χ1n) is 14.3. The van der Waals surface area contributed by atoms with Gasteiger partial charge in [-0.05, 0) is 18.1 Å². The summed E-state index contributed by atoms with van der Waals surface area (Å²) in [4.78, 5) is 60.4. The fraction of sp³-hybridized carbons (Fsp3) is 0.333. The third-order valence-corrected chi connectivity index (χ3v) is 7.04. The van der Waals surface area contributed by atoms with Crippen LogP contribution in [0.1, 0.15) is 54.2 Å². The number of carbonyl (C=O) groups is 4. The molecule has 1 aromatic heterocycles. The van der Waals surface area contributed by atoms with Crippen molar-refractivity contribution < 1.29 is 33.5 Å². The molecule has 15 heteroatoms. The third-order valence-electron chi connectivity index (χ3n) is 7.04. The van der Waals surface area contributed by atoms with Crippen LogP contribution in [-0.2, 0) is 23.9 Å². The summed E-state index contributed by atoms with van der Waals surface area (Å²) in [6, 6.07) is 12.3. The Morgan fingerprint density at radius 2 is 1.84 bits per heavy atom. The van der Waals surface area contributed by atoms with Gasteiger partial charge in [-0.25, -0.2) is 9.59 Å². The van der Waals surface area contributed by atoms with Crippen LogP contribution in [0.15, 0.2) is 53.7 Å². The highest BCUT2D eigenvalue weighted by Gasteiger charge is 2.36. The average molecular weight is 621 g/mol. The number of oxime groups is 1. The van der Waals surface area contributed by atoms with Crippen molar-refractivity contribution in [1.29, 1.82) is 5.41 Å². The number of aromatic amines is 1. The molecule has 15 nitrogen and oxygen atoms in total. The number of nitrogens with two attached hydrogens (primary N) is 2. The number of nitrogens with zero attached hydrogens (tertiary/aromatic N) is 1. The van der Waals surface area contributed by atoms with Gasteiger partial charge in [-0.3, -0.25) is 15.0 Å². The highest BCUT2D eigenvalue weighted by molar-refractivity contribution is 6.07. The zero-order chi connectivity index (χ0) is 32.5. The number of rotatable bonds is 13. The molecule has 238 valence electrons. The van der Waals surface area contributed by atoms with Crippen LogP contribution in [0.2, 0.25) is 0 Å². The normalized spacial score (nSPS) is 15.2. The number of anilines is 1. The Kier molecular flexibility index (Phi) is 10.6. The second kappa shape index (κ2) is 14.7. The van der Waals surface area contributed by atoms with Gasteiger partial charge >= 0.3 is 12.1 Å². The van der Waals surface area contributed by atoms with Gasteiger partial charge in [0.25, 0.3) is 5.91 Å². The van der Waals surface area contributed by atoms with Crippen molar-refractivity contribution in [3.05, 3.63) is 65.4 Å². The van der Waals surface area contributed by atoms with Gasteiger partial charge in [-0.1, -0.05) is 61.0 Å². The van der Waals surface area contributed by atoms with E-state index in [1.165, 1.54) is 0 Å². The number of para-hydroxylation sites is 1. The molecular formula is C30H36N8O7. The van der Waals surface area contributed by atoms with E-state index in [4.69, 9.17) is 31.2 Å². The smallest absolute Gasteiger partial charge is 0.407 e. The molecule has 1 aliphatic heterocycles. The van der Waals surface area contributed by atoms with Crippen LogP contribution in [-0.4, -0.2) is 72.4 Å². The quantitative estimate of drug-likeness (QED) is 0.0485. The molecule has 0 radical (unpaired) electrons. The lowest BCUT2D eigenvalue weighted by Crippen LogP contribution is -2.63. The lowest BCUT2D eigenvalue weighted by molar-refractivity contribution is -0.144. The minimum atomic E-state index is -1.57. The van der Waals surface area contributed by atoms with Crippen molar-refractivity contribution in [1.82, 2.24) is 20.9 Å². The van der Waals surface area contributed by atoms with Gasteiger partial charge in [0.2, 0.25) is 5.91 Å². The number of alkyl carbamates (subject to hydrolysis) is 1. The summed E-state index contributed by atoms with van der Waals surface area (Å²) < 4.78 is 10.0. The van der Waals surface area contributed by atoms with Crippen LogP contribution < -0.4 is 27.4 Å². The van der Waals surface area contributed by atoms with Gasteiger partial charge in [0.15, 0.2) is 6.04 Å². The fourth-order valence-electron chi connectivity index (χ4n) is 4.63. The number of nitrogens with one attached hydrogen (secondary N) is 5. The van der Waals surface area contributed by atoms with E-state index in [0.717, 1.165) is 19.1 Å². The highest BCUT2D eigenvalue weighted by Crippen LogP contribution is 2.24. The number of amidine groups is 1. The number of aromatic nitrogens is 1. The van der Waals surface area contributed by atoms with E-state index in [0.29, 0.717) is 28.6 Å². The van der Waals surface area contributed by atoms with E-state index in [1.54, 1.807) is 48.5 Å². The molecule has 2 heterocycles. The highest BCUT2D eigenvalue weighted by atomic mass is 16.6. The number of methoxy groups -OCH3 is 1. The van der Waals surface area contributed by atoms with Gasteiger partial charge in [-0.2, -0.15) is 0 Å². The number of esters is 1. The molecule has 2 aromatic carbocycles. The maximum Gasteiger partial charge on any atom is 0.407 e. The van der Waals surface area contributed by atoms with Crippen LogP contribution in [0.25, 0.3) is 10.9 Å². The van der Waals surface area contributed by atoms with Crippen molar-refractivity contribution >= 4 is 52.0 Å².